The van der Waals surface area contributed by atoms with Crippen LogP contribution in [0.4, 0.5) is 0 Å². The molecule has 0 amide bonds. The summed E-state index contributed by atoms with van der Waals surface area (Å²) in [5, 5.41) is 0. The summed E-state index contributed by atoms with van der Waals surface area (Å²) in [7, 11) is 0. The van der Waals surface area contributed by atoms with E-state index >= 15 is 0 Å². The van der Waals surface area contributed by atoms with Crippen LogP contribution in [0.2, 0.25) is 0 Å². The minimum absolute atomic E-state index is 0.630. The number of hydrogen-bond acceptors (Lipinski definition) is 0. The fourth-order valence-electron chi connectivity index (χ4n) is 3.54. The Labute approximate surface area is 94.5 Å². The van der Waals surface area contributed by atoms with Crippen LogP contribution in [0.5, 0.6) is 0 Å². The van der Waals surface area contributed by atoms with Crippen molar-refractivity contribution in [1.29, 1.82) is 0 Å². The molecule has 3 rings (SSSR count). The third kappa shape index (κ3) is 1.79. The lowest BCUT2D eigenvalue weighted by Gasteiger charge is -2.58. The Balaban J connectivity index is 1.98. The second kappa shape index (κ2) is 3.81. The molecule has 0 aromatic rings. The summed E-state index contributed by atoms with van der Waals surface area (Å²) in [4.78, 5) is 0. The molecule has 15 heavy (non-hydrogen) atoms. The van der Waals surface area contributed by atoms with Crippen molar-refractivity contribution in [3.8, 4) is 0 Å². The average molecular weight is 204 g/mol. The van der Waals surface area contributed by atoms with Crippen LogP contribution in [0, 0.1) is 17.3 Å². The van der Waals surface area contributed by atoms with Gasteiger partial charge in [-0.25, -0.2) is 0 Å². The highest BCUT2D eigenvalue weighted by Gasteiger charge is 2.52. The first-order chi connectivity index (χ1) is 7.04. The Hall–Kier alpha value is -0.520. The molecular formula is C15H24. The van der Waals surface area contributed by atoms with Gasteiger partial charge in [0, 0.05) is 0 Å². The highest BCUT2D eigenvalue weighted by molar-refractivity contribution is 5.22. The average Bonchev–Trinajstić information content (AvgIpc) is 2.16. The second-order valence-corrected chi connectivity index (χ2v) is 6.00. The molecule has 0 radical (unpaired) electrons. The zero-order valence-electron chi connectivity index (χ0n) is 10.6. The van der Waals surface area contributed by atoms with Crippen LogP contribution < -0.4 is 0 Å². The van der Waals surface area contributed by atoms with Crippen LogP contribution in [0.15, 0.2) is 23.3 Å². The van der Waals surface area contributed by atoms with Crippen molar-refractivity contribution in [1.82, 2.24) is 0 Å². The topological polar surface area (TPSA) is 0 Å². The monoisotopic (exact) mass is 204 g/mol. The maximum atomic E-state index is 2.52. The molecule has 3 aliphatic carbocycles. The molecule has 84 valence electrons. The fourth-order valence-corrected chi connectivity index (χ4v) is 3.54. The van der Waals surface area contributed by atoms with E-state index in [2.05, 4.69) is 39.8 Å². The molecule has 0 saturated heterocycles. The zero-order valence-corrected chi connectivity index (χ0v) is 10.6. The number of allylic oxidation sites excluding steroid dienone is 4. The van der Waals surface area contributed by atoms with Gasteiger partial charge < -0.3 is 0 Å². The summed E-state index contributed by atoms with van der Waals surface area (Å²) in [6.07, 6.45) is 10.3. The molecule has 0 heterocycles. The number of hydrogen-bond donors (Lipinski definition) is 0. The molecule has 0 unspecified atom stereocenters. The molecule has 3 atom stereocenters. The molecule has 0 aromatic heterocycles. The fraction of sp³-hybridized carbons (Fsp3) is 0.733. The third-order valence-corrected chi connectivity index (χ3v) is 4.76. The van der Waals surface area contributed by atoms with Crippen molar-refractivity contribution in [3.63, 3.8) is 0 Å². The molecule has 2 bridgehead atoms. The van der Waals surface area contributed by atoms with Crippen LogP contribution in [-0.2, 0) is 0 Å². The highest BCUT2D eigenvalue weighted by atomic mass is 14.6. The van der Waals surface area contributed by atoms with Crippen LogP contribution in [0.1, 0.15) is 53.4 Å². The van der Waals surface area contributed by atoms with E-state index < -0.39 is 0 Å². The van der Waals surface area contributed by atoms with Crippen LogP contribution in [0.25, 0.3) is 0 Å². The van der Waals surface area contributed by atoms with E-state index in [4.69, 9.17) is 0 Å². The first-order valence-corrected chi connectivity index (χ1v) is 6.34. The lowest BCUT2D eigenvalue weighted by atomic mass is 9.47. The van der Waals surface area contributed by atoms with Gasteiger partial charge in [0.15, 0.2) is 0 Å². The van der Waals surface area contributed by atoms with Gasteiger partial charge in [0.2, 0.25) is 0 Å². The van der Waals surface area contributed by atoms with E-state index in [9.17, 15) is 0 Å². The van der Waals surface area contributed by atoms with Gasteiger partial charge in [0.25, 0.3) is 0 Å². The van der Waals surface area contributed by atoms with E-state index in [0.29, 0.717) is 5.41 Å². The van der Waals surface area contributed by atoms with E-state index in [1.807, 2.05) is 0 Å². The highest BCUT2D eigenvalue weighted by Crippen LogP contribution is 2.61. The molecule has 0 aliphatic heterocycles. The Morgan fingerprint density at radius 1 is 1.53 bits per heavy atom. The van der Waals surface area contributed by atoms with Crippen LogP contribution >= 0.6 is 0 Å². The number of fused-ring (bicyclic) bond motifs is 1. The van der Waals surface area contributed by atoms with Crippen molar-refractivity contribution in [3.05, 3.63) is 23.3 Å². The van der Waals surface area contributed by atoms with Crippen molar-refractivity contribution >= 4 is 0 Å². The molecule has 0 nitrogen and oxygen atoms in total. The Morgan fingerprint density at radius 3 is 2.80 bits per heavy atom. The van der Waals surface area contributed by atoms with Gasteiger partial charge in [0.1, 0.15) is 0 Å². The molecular weight excluding hydrogens is 180 g/mol. The van der Waals surface area contributed by atoms with Gasteiger partial charge in [0.05, 0.1) is 0 Å². The Morgan fingerprint density at radius 2 is 2.27 bits per heavy atom. The summed E-state index contributed by atoms with van der Waals surface area (Å²) in [5.41, 5.74) is 3.76. The van der Waals surface area contributed by atoms with Crippen LogP contribution in [0.3, 0.4) is 0 Å². The Bertz CT molecular complexity index is 304. The molecule has 0 aromatic carbocycles. The van der Waals surface area contributed by atoms with Gasteiger partial charge in [-0.2, -0.15) is 0 Å². The Kier molecular flexibility index (Phi) is 2.79. The third-order valence-electron chi connectivity index (χ3n) is 4.76. The van der Waals surface area contributed by atoms with Gasteiger partial charge in [-0.1, -0.05) is 30.2 Å². The van der Waals surface area contributed by atoms with E-state index in [0.717, 1.165) is 11.8 Å². The van der Waals surface area contributed by atoms with Crippen LogP contribution in [-0.4, -0.2) is 0 Å². The summed E-state index contributed by atoms with van der Waals surface area (Å²) < 4.78 is 0. The van der Waals surface area contributed by atoms with Crippen molar-refractivity contribution in [2.45, 2.75) is 53.4 Å². The number of rotatable bonds is 3. The quantitative estimate of drug-likeness (QED) is 0.583. The zero-order chi connectivity index (χ0) is 11.1. The van der Waals surface area contributed by atoms with Crippen molar-refractivity contribution in [2.75, 3.05) is 0 Å². The molecule has 0 N–H and O–H groups in total. The molecule has 0 heteroatoms. The predicted molar refractivity (Wildman–Crippen MR) is 66.7 cm³/mol. The minimum atomic E-state index is 0.630. The first kappa shape index (κ1) is 11.0. The van der Waals surface area contributed by atoms with Gasteiger partial charge in [-0.15, -0.1) is 0 Å². The first-order valence-electron chi connectivity index (χ1n) is 6.34. The van der Waals surface area contributed by atoms with E-state index in [1.165, 1.54) is 31.3 Å². The molecule has 1 saturated carbocycles. The molecule has 1 fully saturated rings. The van der Waals surface area contributed by atoms with E-state index in [1.54, 1.807) is 5.57 Å². The SMILES string of the molecule is CC(C)=CCC[C@]1(C)[C@H]2CC=C(C)[C@H]1C2. The van der Waals surface area contributed by atoms with Gasteiger partial charge in [-0.05, 0) is 63.7 Å². The smallest absolute Gasteiger partial charge is 0.0146 e. The van der Waals surface area contributed by atoms with Gasteiger partial charge >= 0.3 is 0 Å². The summed E-state index contributed by atoms with van der Waals surface area (Å²) >= 11 is 0. The summed E-state index contributed by atoms with van der Waals surface area (Å²) in [6.45, 7) is 9.25. The largest absolute Gasteiger partial charge is 0.0859 e. The molecule has 3 aliphatic rings. The normalized spacial score (nSPS) is 38.0. The predicted octanol–water partition coefficient (Wildman–Crippen LogP) is 4.73. The lowest BCUT2D eigenvalue weighted by molar-refractivity contribution is -0.0312. The summed E-state index contributed by atoms with van der Waals surface area (Å²) in [5.74, 6) is 1.89. The second-order valence-electron chi connectivity index (χ2n) is 6.00. The minimum Gasteiger partial charge on any atom is -0.0859 e. The van der Waals surface area contributed by atoms with Crippen molar-refractivity contribution in [2.24, 2.45) is 17.3 Å². The maximum Gasteiger partial charge on any atom is -0.0146 e. The van der Waals surface area contributed by atoms with Crippen molar-refractivity contribution < 1.29 is 0 Å². The lowest BCUT2D eigenvalue weighted by Crippen LogP contribution is -2.49. The van der Waals surface area contributed by atoms with Gasteiger partial charge in [-0.3, -0.25) is 0 Å². The summed E-state index contributed by atoms with van der Waals surface area (Å²) in [6, 6.07) is 0. The molecule has 0 spiro atoms. The maximum absolute atomic E-state index is 2.52. The standard InChI is InChI=1S/C15H24/c1-11(2)6-5-9-15(4)13-8-7-12(3)14(15)10-13/h6-7,13-14H,5,8-10H2,1-4H3/t13-,14+,15+/m0/s1. The van der Waals surface area contributed by atoms with E-state index in [-0.39, 0.29) is 0 Å².